The molecule has 7 nitrogen and oxygen atoms in total. The van der Waals surface area contributed by atoms with Crippen molar-refractivity contribution in [3.63, 3.8) is 0 Å². The van der Waals surface area contributed by atoms with Crippen molar-refractivity contribution in [3.05, 3.63) is 29.0 Å². The van der Waals surface area contributed by atoms with Crippen LogP contribution < -0.4 is 16.4 Å². The van der Waals surface area contributed by atoms with E-state index in [1.165, 1.54) is 17.8 Å². The number of hydrogen-bond donors (Lipinski definition) is 3. The Morgan fingerprint density at radius 3 is 2.71 bits per heavy atom. The van der Waals surface area contributed by atoms with Crippen LogP contribution in [0.15, 0.2) is 18.2 Å². The lowest BCUT2D eigenvalue weighted by atomic mass is 10.2. The maximum absolute atomic E-state index is 12.9. The van der Waals surface area contributed by atoms with Gasteiger partial charge in [-0.1, -0.05) is 11.6 Å². The molecule has 0 saturated carbocycles. The molecule has 0 aromatic heterocycles. The largest absolute Gasteiger partial charge is 0.454 e. The number of amides is 3. The summed E-state index contributed by atoms with van der Waals surface area (Å²) >= 11 is 7.25. The highest BCUT2D eigenvalue weighted by molar-refractivity contribution is 7.98. The van der Waals surface area contributed by atoms with Crippen LogP contribution in [0.1, 0.15) is 6.42 Å². The van der Waals surface area contributed by atoms with Gasteiger partial charge < -0.3 is 21.1 Å². The third kappa shape index (κ3) is 7.05. The van der Waals surface area contributed by atoms with Gasteiger partial charge >= 0.3 is 12.0 Å². The summed E-state index contributed by atoms with van der Waals surface area (Å²) in [5.74, 6) is -1.38. The number of anilines is 1. The van der Waals surface area contributed by atoms with Crippen LogP contribution in [0.25, 0.3) is 0 Å². The average molecular weight is 378 g/mol. The molecule has 0 unspecified atom stereocenters. The third-order valence-corrected chi connectivity index (χ3v) is 3.72. The lowest BCUT2D eigenvalue weighted by Gasteiger charge is -2.16. The molecule has 1 rings (SSSR count). The Morgan fingerprint density at radius 2 is 2.12 bits per heavy atom. The van der Waals surface area contributed by atoms with Crippen LogP contribution in [0.2, 0.25) is 5.02 Å². The number of rotatable bonds is 8. The Kier molecular flexibility index (Phi) is 8.34. The van der Waals surface area contributed by atoms with E-state index in [1.807, 2.05) is 6.26 Å². The number of benzene rings is 1. The zero-order valence-corrected chi connectivity index (χ0v) is 14.4. The number of carbonyl (C=O) groups excluding carboxylic acids is 3. The number of nitrogens with two attached hydrogens (primary N) is 1. The number of halogens is 2. The molecule has 4 N–H and O–H groups in total. The van der Waals surface area contributed by atoms with E-state index in [-0.39, 0.29) is 10.7 Å². The van der Waals surface area contributed by atoms with Gasteiger partial charge in [0, 0.05) is 0 Å². The quantitative estimate of drug-likeness (QED) is 0.598. The SMILES string of the molecule is CSCC[C@H](NC(N)=O)C(=O)OCC(=O)Nc1ccc(F)cc1Cl. The fraction of sp³-hybridized carbons (Fsp3) is 0.357. The fourth-order valence-electron chi connectivity index (χ4n) is 1.67. The van der Waals surface area contributed by atoms with Gasteiger partial charge in [0.15, 0.2) is 6.61 Å². The number of primary amides is 1. The van der Waals surface area contributed by atoms with Gasteiger partial charge in [0.25, 0.3) is 5.91 Å². The summed E-state index contributed by atoms with van der Waals surface area (Å²) in [7, 11) is 0. The minimum Gasteiger partial charge on any atom is -0.454 e. The van der Waals surface area contributed by atoms with Gasteiger partial charge in [-0.25, -0.2) is 14.0 Å². The van der Waals surface area contributed by atoms with Crippen molar-refractivity contribution in [2.75, 3.05) is 23.9 Å². The molecule has 0 saturated heterocycles. The van der Waals surface area contributed by atoms with E-state index in [2.05, 4.69) is 10.6 Å². The van der Waals surface area contributed by atoms with Crippen molar-refractivity contribution in [3.8, 4) is 0 Å². The highest BCUT2D eigenvalue weighted by Crippen LogP contribution is 2.22. The molecule has 0 radical (unpaired) electrons. The minimum atomic E-state index is -0.933. The number of thioether (sulfide) groups is 1. The molecule has 3 amide bonds. The van der Waals surface area contributed by atoms with Gasteiger partial charge in [-0.05, 0) is 36.6 Å². The molecular formula is C14H17ClFN3O4S. The van der Waals surface area contributed by atoms with Crippen molar-refractivity contribution in [2.24, 2.45) is 5.73 Å². The van der Waals surface area contributed by atoms with Gasteiger partial charge in [-0.15, -0.1) is 0 Å². The molecule has 10 heteroatoms. The Balaban J connectivity index is 2.54. The molecule has 132 valence electrons. The van der Waals surface area contributed by atoms with Crippen molar-refractivity contribution in [1.82, 2.24) is 5.32 Å². The van der Waals surface area contributed by atoms with Crippen LogP contribution in [-0.2, 0) is 14.3 Å². The van der Waals surface area contributed by atoms with E-state index in [4.69, 9.17) is 22.1 Å². The molecule has 0 fully saturated rings. The van der Waals surface area contributed by atoms with Crippen molar-refractivity contribution >= 4 is 47.0 Å². The molecule has 0 bridgehead atoms. The zero-order valence-electron chi connectivity index (χ0n) is 12.8. The van der Waals surface area contributed by atoms with Crippen molar-refractivity contribution < 1.29 is 23.5 Å². The molecule has 0 aliphatic rings. The molecule has 0 spiro atoms. The molecule has 1 aromatic carbocycles. The summed E-state index contributed by atoms with van der Waals surface area (Å²) in [6.45, 7) is -0.581. The van der Waals surface area contributed by atoms with Gasteiger partial charge in [0.2, 0.25) is 0 Å². The van der Waals surface area contributed by atoms with Gasteiger partial charge in [0.1, 0.15) is 11.9 Å². The summed E-state index contributed by atoms with van der Waals surface area (Å²) in [6.07, 6.45) is 2.15. The summed E-state index contributed by atoms with van der Waals surface area (Å²) in [6, 6.07) is 1.66. The molecule has 24 heavy (non-hydrogen) atoms. The second-order valence-electron chi connectivity index (χ2n) is 4.62. The number of hydrogen-bond acceptors (Lipinski definition) is 5. The summed E-state index contributed by atoms with van der Waals surface area (Å²) in [5, 5.41) is 4.66. The standard InChI is InChI=1S/C14H17ClFN3O4S/c1-24-5-4-11(19-14(17)22)13(21)23-7-12(20)18-10-3-2-8(16)6-9(10)15/h2-3,6,11H,4-5,7H2,1H3,(H,18,20)(H3,17,19,22)/t11-/m0/s1. The smallest absolute Gasteiger partial charge is 0.329 e. The number of nitrogens with one attached hydrogen (secondary N) is 2. The average Bonchev–Trinajstić information content (AvgIpc) is 2.51. The number of esters is 1. The third-order valence-electron chi connectivity index (χ3n) is 2.76. The van der Waals surface area contributed by atoms with Crippen molar-refractivity contribution in [1.29, 1.82) is 0 Å². The number of carbonyl (C=O) groups is 3. The maximum atomic E-state index is 12.9. The van der Waals surface area contributed by atoms with Crippen molar-refractivity contribution in [2.45, 2.75) is 12.5 Å². The van der Waals surface area contributed by atoms with E-state index in [1.54, 1.807) is 0 Å². The normalized spacial score (nSPS) is 11.5. The highest BCUT2D eigenvalue weighted by Gasteiger charge is 2.22. The Hall–Kier alpha value is -2.00. The minimum absolute atomic E-state index is 0.0166. The molecule has 1 atom stereocenters. The highest BCUT2D eigenvalue weighted by atomic mass is 35.5. The van der Waals surface area contributed by atoms with Crippen LogP contribution in [0.5, 0.6) is 0 Å². The lowest BCUT2D eigenvalue weighted by Crippen LogP contribution is -2.45. The Morgan fingerprint density at radius 1 is 1.42 bits per heavy atom. The summed E-state index contributed by atoms with van der Waals surface area (Å²) in [5.41, 5.74) is 5.19. The molecule has 0 aliphatic carbocycles. The van der Waals surface area contributed by atoms with Crippen LogP contribution in [-0.4, -0.2) is 42.6 Å². The van der Waals surface area contributed by atoms with Crippen LogP contribution in [0.4, 0.5) is 14.9 Å². The second-order valence-corrected chi connectivity index (χ2v) is 6.02. The van der Waals surface area contributed by atoms with Gasteiger partial charge in [-0.2, -0.15) is 11.8 Å². The predicted molar refractivity (Wildman–Crippen MR) is 90.5 cm³/mol. The summed E-state index contributed by atoms with van der Waals surface area (Å²) < 4.78 is 17.8. The maximum Gasteiger partial charge on any atom is 0.329 e. The predicted octanol–water partition coefficient (Wildman–Crippen LogP) is 1.75. The van der Waals surface area contributed by atoms with E-state index in [0.29, 0.717) is 12.2 Å². The van der Waals surface area contributed by atoms with Crippen LogP contribution in [0, 0.1) is 5.82 Å². The fourth-order valence-corrected chi connectivity index (χ4v) is 2.36. The monoisotopic (exact) mass is 377 g/mol. The second kappa shape index (κ2) is 9.99. The van der Waals surface area contributed by atoms with Crippen LogP contribution >= 0.6 is 23.4 Å². The lowest BCUT2D eigenvalue weighted by molar-refractivity contribution is -0.149. The van der Waals surface area contributed by atoms with Gasteiger partial charge in [0.05, 0.1) is 10.7 Å². The molecule has 0 aliphatic heterocycles. The first kappa shape index (κ1) is 20.0. The Bertz CT molecular complexity index is 618. The molecular weight excluding hydrogens is 361 g/mol. The van der Waals surface area contributed by atoms with E-state index < -0.39 is 36.4 Å². The zero-order chi connectivity index (χ0) is 18.1. The van der Waals surface area contributed by atoms with Crippen LogP contribution in [0.3, 0.4) is 0 Å². The summed E-state index contributed by atoms with van der Waals surface area (Å²) in [4.78, 5) is 34.5. The molecule has 1 aromatic rings. The van der Waals surface area contributed by atoms with Gasteiger partial charge in [-0.3, -0.25) is 4.79 Å². The number of ether oxygens (including phenoxy) is 1. The first-order valence-corrected chi connectivity index (χ1v) is 8.57. The van der Waals surface area contributed by atoms with E-state index in [9.17, 15) is 18.8 Å². The first-order valence-electron chi connectivity index (χ1n) is 6.80. The number of urea groups is 1. The van der Waals surface area contributed by atoms with E-state index in [0.717, 1.165) is 12.1 Å². The Labute approximate surface area is 147 Å². The van der Waals surface area contributed by atoms with E-state index >= 15 is 0 Å². The first-order chi connectivity index (χ1) is 11.3. The molecule has 0 heterocycles. The topological polar surface area (TPSA) is 111 Å².